The van der Waals surface area contributed by atoms with Crippen molar-refractivity contribution in [3.05, 3.63) is 17.0 Å². The summed E-state index contributed by atoms with van der Waals surface area (Å²) in [5.74, 6) is 1.85. The van der Waals surface area contributed by atoms with Gasteiger partial charge in [0.05, 0.1) is 5.69 Å². The second-order valence-corrected chi connectivity index (χ2v) is 4.46. The van der Waals surface area contributed by atoms with E-state index in [1.807, 2.05) is 13.8 Å². The van der Waals surface area contributed by atoms with Crippen LogP contribution in [0.15, 0.2) is 4.52 Å². The van der Waals surface area contributed by atoms with E-state index in [1.165, 1.54) is 18.4 Å². The van der Waals surface area contributed by atoms with Gasteiger partial charge in [-0.15, -0.1) is 0 Å². The minimum atomic E-state index is 0.707. The van der Waals surface area contributed by atoms with Gasteiger partial charge in [0.1, 0.15) is 5.76 Å². The van der Waals surface area contributed by atoms with E-state index < -0.39 is 0 Å². The number of hydrogen-bond donors (Lipinski definition) is 1. The van der Waals surface area contributed by atoms with Gasteiger partial charge in [0.25, 0.3) is 0 Å². The lowest BCUT2D eigenvalue weighted by molar-refractivity contribution is 0.240. The Kier molecular flexibility index (Phi) is 2.59. The first-order valence-electron chi connectivity index (χ1n) is 5.32. The highest BCUT2D eigenvalue weighted by molar-refractivity contribution is 5.20. The lowest BCUT2D eigenvalue weighted by Crippen LogP contribution is -2.39. The Bertz CT molecular complexity index is 294. The van der Waals surface area contributed by atoms with Crippen LogP contribution in [-0.2, 0) is 6.54 Å². The van der Waals surface area contributed by atoms with Gasteiger partial charge in [0, 0.05) is 18.2 Å². The predicted molar refractivity (Wildman–Crippen MR) is 55.0 cm³/mol. The molecule has 3 heteroatoms. The molecule has 1 fully saturated rings. The molecule has 0 spiro atoms. The second-order valence-electron chi connectivity index (χ2n) is 4.46. The van der Waals surface area contributed by atoms with Crippen LogP contribution in [0.4, 0.5) is 0 Å². The molecular weight excluding hydrogens is 176 g/mol. The van der Waals surface area contributed by atoms with Crippen molar-refractivity contribution in [1.29, 1.82) is 0 Å². The first-order valence-corrected chi connectivity index (χ1v) is 5.32. The Hall–Kier alpha value is -0.830. The Morgan fingerprint density at radius 2 is 2.14 bits per heavy atom. The molecule has 1 heterocycles. The van der Waals surface area contributed by atoms with Gasteiger partial charge in [-0.1, -0.05) is 12.1 Å². The molecule has 0 atom stereocenters. The monoisotopic (exact) mass is 194 g/mol. The summed E-state index contributed by atoms with van der Waals surface area (Å²) in [6, 6.07) is 0.707. The van der Waals surface area contributed by atoms with E-state index in [0.717, 1.165) is 23.9 Å². The van der Waals surface area contributed by atoms with E-state index in [4.69, 9.17) is 4.52 Å². The number of hydrogen-bond acceptors (Lipinski definition) is 3. The summed E-state index contributed by atoms with van der Waals surface area (Å²) in [6.45, 7) is 7.17. The average molecular weight is 194 g/mol. The fourth-order valence-electron chi connectivity index (χ4n) is 2.07. The van der Waals surface area contributed by atoms with Crippen molar-refractivity contribution in [2.75, 3.05) is 0 Å². The number of nitrogens with one attached hydrogen (secondary N) is 1. The van der Waals surface area contributed by atoms with Crippen molar-refractivity contribution in [2.24, 2.45) is 5.92 Å². The van der Waals surface area contributed by atoms with Crippen molar-refractivity contribution >= 4 is 0 Å². The van der Waals surface area contributed by atoms with Gasteiger partial charge in [0.15, 0.2) is 0 Å². The average Bonchev–Trinajstić information content (AvgIpc) is 2.40. The molecule has 0 bridgehead atoms. The number of aromatic nitrogens is 1. The Labute approximate surface area is 84.9 Å². The third-order valence-electron chi connectivity index (χ3n) is 3.12. The SMILES string of the molecule is Cc1noc(C)c1CNC1CC(C)C1. The smallest absolute Gasteiger partial charge is 0.138 e. The van der Waals surface area contributed by atoms with E-state index in [9.17, 15) is 0 Å². The van der Waals surface area contributed by atoms with E-state index in [-0.39, 0.29) is 0 Å². The van der Waals surface area contributed by atoms with E-state index in [2.05, 4.69) is 17.4 Å². The van der Waals surface area contributed by atoms with Crippen LogP contribution in [-0.4, -0.2) is 11.2 Å². The van der Waals surface area contributed by atoms with Crippen molar-refractivity contribution in [3.8, 4) is 0 Å². The lowest BCUT2D eigenvalue weighted by Gasteiger charge is -2.33. The van der Waals surface area contributed by atoms with Gasteiger partial charge in [-0.3, -0.25) is 0 Å². The van der Waals surface area contributed by atoms with E-state index >= 15 is 0 Å². The molecule has 0 unspecified atom stereocenters. The van der Waals surface area contributed by atoms with Gasteiger partial charge in [0.2, 0.25) is 0 Å². The molecule has 3 nitrogen and oxygen atoms in total. The van der Waals surface area contributed by atoms with Crippen LogP contribution in [0.2, 0.25) is 0 Å². The molecule has 2 rings (SSSR count). The highest BCUT2D eigenvalue weighted by atomic mass is 16.5. The van der Waals surface area contributed by atoms with Crippen LogP contribution in [0, 0.1) is 19.8 Å². The predicted octanol–water partition coefficient (Wildman–Crippen LogP) is 2.18. The van der Waals surface area contributed by atoms with Gasteiger partial charge in [-0.25, -0.2) is 0 Å². The van der Waals surface area contributed by atoms with Crippen LogP contribution < -0.4 is 5.32 Å². The third-order valence-corrected chi connectivity index (χ3v) is 3.12. The normalized spacial score (nSPS) is 26.2. The summed E-state index contributed by atoms with van der Waals surface area (Å²) >= 11 is 0. The molecule has 0 aromatic carbocycles. The molecule has 1 aliphatic carbocycles. The maximum absolute atomic E-state index is 5.11. The minimum Gasteiger partial charge on any atom is -0.361 e. The molecule has 1 aliphatic rings. The highest BCUT2D eigenvalue weighted by Gasteiger charge is 2.25. The topological polar surface area (TPSA) is 38.1 Å². The number of nitrogens with zero attached hydrogens (tertiary/aromatic N) is 1. The molecule has 1 N–H and O–H groups in total. The zero-order chi connectivity index (χ0) is 10.1. The summed E-state index contributed by atoms with van der Waals surface area (Å²) in [7, 11) is 0. The molecule has 1 saturated carbocycles. The van der Waals surface area contributed by atoms with Crippen LogP contribution in [0.5, 0.6) is 0 Å². The van der Waals surface area contributed by atoms with Crippen LogP contribution in [0.1, 0.15) is 36.8 Å². The van der Waals surface area contributed by atoms with Gasteiger partial charge in [-0.2, -0.15) is 0 Å². The Morgan fingerprint density at radius 1 is 1.43 bits per heavy atom. The first-order chi connectivity index (χ1) is 6.66. The molecular formula is C11H18N2O. The summed E-state index contributed by atoms with van der Waals surface area (Å²) in [6.07, 6.45) is 2.62. The van der Waals surface area contributed by atoms with E-state index in [1.54, 1.807) is 0 Å². The van der Waals surface area contributed by atoms with Crippen molar-refractivity contribution in [1.82, 2.24) is 10.5 Å². The Morgan fingerprint density at radius 3 is 2.64 bits per heavy atom. The van der Waals surface area contributed by atoms with Crippen molar-refractivity contribution < 1.29 is 4.52 Å². The largest absolute Gasteiger partial charge is 0.361 e. The number of aryl methyl sites for hydroxylation is 2. The fourth-order valence-corrected chi connectivity index (χ4v) is 2.07. The summed E-state index contributed by atoms with van der Waals surface area (Å²) in [5, 5.41) is 7.47. The fraction of sp³-hybridized carbons (Fsp3) is 0.727. The van der Waals surface area contributed by atoms with E-state index in [0.29, 0.717) is 6.04 Å². The molecule has 0 aliphatic heterocycles. The molecule has 0 saturated heterocycles. The van der Waals surface area contributed by atoms with Crippen molar-refractivity contribution in [3.63, 3.8) is 0 Å². The number of rotatable bonds is 3. The summed E-state index contributed by atoms with van der Waals surface area (Å²) in [5.41, 5.74) is 2.24. The summed E-state index contributed by atoms with van der Waals surface area (Å²) in [4.78, 5) is 0. The lowest BCUT2D eigenvalue weighted by atomic mass is 9.82. The van der Waals surface area contributed by atoms with Crippen LogP contribution in [0.3, 0.4) is 0 Å². The molecule has 0 amide bonds. The standard InChI is InChI=1S/C11H18N2O/c1-7-4-10(5-7)12-6-11-8(2)13-14-9(11)3/h7,10,12H,4-6H2,1-3H3. The summed E-state index contributed by atoms with van der Waals surface area (Å²) < 4.78 is 5.11. The van der Waals surface area contributed by atoms with Gasteiger partial charge in [-0.05, 0) is 32.6 Å². The molecule has 0 radical (unpaired) electrons. The molecule has 1 aromatic heterocycles. The third kappa shape index (κ3) is 1.82. The van der Waals surface area contributed by atoms with Crippen molar-refractivity contribution in [2.45, 2.75) is 46.2 Å². The zero-order valence-electron chi connectivity index (χ0n) is 9.13. The first kappa shape index (κ1) is 9.71. The quantitative estimate of drug-likeness (QED) is 0.801. The maximum Gasteiger partial charge on any atom is 0.138 e. The van der Waals surface area contributed by atoms with Crippen LogP contribution >= 0.6 is 0 Å². The molecule has 1 aromatic rings. The molecule has 14 heavy (non-hydrogen) atoms. The second kappa shape index (κ2) is 3.73. The van der Waals surface area contributed by atoms with Gasteiger partial charge < -0.3 is 9.84 Å². The Balaban J connectivity index is 1.86. The maximum atomic E-state index is 5.11. The van der Waals surface area contributed by atoms with Crippen LogP contribution in [0.25, 0.3) is 0 Å². The minimum absolute atomic E-state index is 0.707. The molecule has 78 valence electrons. The van der Waals surface area contributed by atoms with Gasteiger partial charge >= 0.3 is 0 Å². The zero-order valence-corrected chi connectivity index (χ0v) is 9.13. The highest BCUT2D eigenvalue weighted by Crippen LogP contribution is 2.26.